The third-order valence-corrected chi connectivity index (χ3v) is 4.21. The van der Waals surface area contributed by atoms with Crippen molar-refractivity contribution < 1.29 is 23.8 Å². The number of fused-ring (bicyclic) bond motifs is 2. The molecule has 0 fully saturated rings. The van der Waals surface area contributed by atoms with E-state index in [1.54, 1.807) is 32.9 Å². The van der Waals surface area contributed by atoms with Gasteiger partial charge in [0.1, 0.15) is 17.4 Å². The van der Waals surface area contributed by atoms with Crippen LogP contribution in [0.2, 0.25) is 0 Å². The number of allylic oxidation sites excluding steroid dienone is 1. The lowest BCUT2D eigenvalue weighted by Gasteiger charge is -2.32. The summed E-state index contributed by atoms with van der Waals surface area (Å²) in [6.45, 7) is 4.85. The number of rotatable bonds is 4. The fraction of sp³-hybridized carbons (Fsp3) is 0.368. The Bertz CT molecular complexity index is 906. The van der Waals surface area contributed by atoms with E-state index in [-0.39, 0.29) is 6.61 Å². The fourth-order valence-corrected chi connectivity index (χ4v) is 2.84. The Morgan fingerprint density at radius 3 is 2.84 bits per heavy atom. The number of hydrogen-bond donors (Lipinski definition) is 1. The number of aliphatic hydroxyl groups excluding tert-OH is 1. The van der Waals surface area contributed by atoms with Crippen LogP contribution in [0, 0.1) is 0 Å². The Morgan fingerprint density at radius 2 is 2.16 bits per heavy atom. The first kappa shape index (κ1) is 17.2. The van der Waals surface area contributed by atoms with E-state index in [1.807, 2.05) is 6.07 Å². The largest absolute Gasteiger partial charge is 0.485 e. The summed E-state index contributed by atoms with van der Waals surface area (Å²) in [4.78, 5) is 23.3. The summed E-state index contributed by atoms with van der Waals surface area (Å²) < 4.78 is 16.5. The van der Waals surface area contributed by atoms with E-state index >= 15 is 0 Å². The Balaban J connectivity index is 1.88. The highest BCUT2D eigenvalue weighted by atomic mass is 16.6. The van der Waals surface area contributed by atoms with Gasteiger partial charge >= 0.3 is 11.6 Å². The molecule has 1 aliphatic rings. The standard InChI is InChI=1S/C19H20O6/c1-11(2)6-18(22)25-19(3,10-20)16-8-13-7-12-4-5-17(21)24-14(12)9-15(13)23-16/h4-7,9,16,20H,8,10H2,1-3H3/t16-,19-/m0/s1. The van der Waals surface area contributed by atoms with E-state index in [1.165, 1.54) is 12.1 Å². The maximum Gasteiger partial charge on any atom is 0.336 e. The molecular weight excluding hydrogens is 324 g/mol. The van der Waals surface area contributed by atoms with Crippen LogP contribution in [0.25, 0.3) is 11.0 Å². The van der Waals surface area contributed by atoms with E-state index in [0.29, 0.717) is 17.8 Å². The molecule has 0 saturated heterocycles. The average molecular weight is 344 g/mol. The van der Waals surface area contributed by atoms with Crippen molar-refractivity contribution in [2.45, 2.75) is 38.9 Å². The van der Waals surface area contributed by atoms with Crippen molar-refractivity contribution in [3.63, 3.8) is 0 Å². The quantitative estimate of drug-likeness (QED) is 0.521. The maximum absolute atomic E-state index is 12.0. The number of aliphatic hydroxyl groups is 1. The van der Waals surface area contributed by atoms with Gasteiger partial charge in [0.15, 0.2) is 5.60 Å². The number of esters is 1. The number of benzene rings is 1. The Labute approximate surface area is 144 Å². The van der Waals surface area contributed by atoms with Crippen molar-refractivity contribution in [1.29, 1.82) is 0 Å². The molecule has 132 valence electrons. The zero-order valence-corrected chi connectivity index (χ0v) is 14.4. The molecule has 6 nitrogen and oxygen atoms in total. The lowest BCUT2D eigenvalue weighted by atomic mass is 9.95. The molecule has 1 aromatic carbocycles. The smallest absolute Gasteiger partial charge is 0.336 e. The summed E-state index contributed by atoms with van der Waals surface area (Å²) in [6, 6.07) is 6.58. The van der Waals surface area contributed by atoms with Crippen LogP contribution in [0.15, 0.2) is 45.1 Å². The van der Waals surface area contributed by atoms with Gasteiger partial charge in [0.2, 0.25) is 0 Å². The highest BCUT2D eigenvalue weighted by Crippen LogP contribution is 2.37. The monoisotopic (exact) mass is 344 g/mol. The summed E-state index contributed by atoms with van der Waals surface area (Å²) >= 11 is 0. The number of hydrogen-bond acceptors (Lipinski definition) is 6. The molecule has 1 aromatic heterocycles. The van der Waals surface area contributed by atoms with Crippen LogP contribution in [-0.4, -0.2) is 29.4 Å². The molecule has 2 heterocycles. The first-order chi connectivity index (χ1) is 11.8. The van der Waals surface area contributed by atoms with E-state index < -0.39 is 23.3 Å². The van der Waals surface area contributed by atoms with Crippen molar-refractivity contribution in [2.24, 2.45) is 0 Å². The molecule has 2 aromatic rings. The van der Waals surface area contributed by atoms with Crippen LogP contribution in [0.1, 0.15) is 26.3 Å². The number of carbonyl (C=O) groups is 1. The second-order valence-electron chi connectivity index (χ2n) is 6.68. The van der Waals surface area contributed by atoms with Crippen LogP contribution in [-0.2, 0) is 16.0 Å². The molecule has 25 heavy (non-hydrogen) atoms. The van der Waals surface area contributed by atoms with Gasteiger partial charge in [-0.05, 0) is 38.5 Å². The van der Waals surface area contributed by atoms with Crippen LogP contribution < -0.4 is 10.4 Å². The molecule has 0 radical (unpaired) electrons. The van der Waals surface area contributed by atoms with E-state index in [4.69, 9.17) is 13.9 Å². The van der Waals surface area contributed by atoms with Crippen LogP contribution in [0.3, 0.4) is 0 Å². The highest BCUT2D eigenvalue weighted by molar-refractivity contribution is 5.83. The van der Waals surface area contributed by atoms with Crippen molar-refractivity contribution in [3.05, 3.63) is 51.9 Å². The second-order valence-corrected chi connectivity index (χ2v) is 6.68. The normalized spacial score (nSPS) is 18.2. The SMILES string of the molecule is CC(C)=CC(=O)O[C@@](C)(CO)[C@@H]1Cc2cc3ccc(=O)oc3cc2O1. The van der Waals surface area contributed by atoms with Gasteiger partial charge < -0.3 is 19.0 Å². The molecule has 1 N–H and O–H groups in total. The van der Waals surface area contributed by atoms with Crippen LogP contribution in [0.5, 0.6) is 5.75 Å². The lowest BCUT2D eigenvalue weighted by molar-refractivity contribution is -0.167. The molecule has 0 spiro atoms. The third kappa shape index (κ3) is 3.44. The van der Waals surface area contributed by atoms with Gasteiger partial charge in [-0.1, -0.05) is 5.57 Å². The minimum Gasteiger partial charge on any atom is -0.485 e. The fourth-order valence-electron chi connectivity index (χ4n) is 2.84. The third-order valence-electron chi connectivity index (χ3n) is 4.21. The van der Waals surface area contributed by atoms with E-state index in [9.17, 15) is 14.7 Å². The van der Waals surface area contributed by atoms with Crippen molar-refractivity contribution in [3.8, 4) is 5.75 Å². The minimum atomic E-state index is -1.19. The molecule has 0 unspecified atom stereocenters. The summed E-state index contributed by atoms with van der Waals surface area (Å²) in [5, 5.41) is 10.6. The lowest BCUT2D eigenvalue weighted by Crippen LogP contribution is -2.49. The van der Waals surface area contributed by atoms with Gasteiger partial charge in [0.25, 0.3) is 0 Å². The van der Waals surface area contributed by atoms with E-state index in [0.717, 1.165) is 16.5 Å². The number of ether oxygens (including phenoxy) is 2. The van der Waals surface area contributed by atoms with Gasteiger partial charge in [-0.2, -0.15) is 0 Å². The Morgan fingerprint density at radius 1 is 1.40 bits per heavy atom. The zero-order valence-electron chi connectivity index (χ0n) is 14.4. The summed E-state index contributed by atoms with van der Waals surface area (Å²) in [5.41, 5.74) is 0.526. The minimum absolute atomic E-state index is 0.372. The van der Waals surface area contributed by atoms with Crippen LogP contribution in [0.4, 0.5) is 0 Å². The Hall–Kier alpha value is -2.60. The van der Waals surface area contributed by atoms with Gasteiger partial charge in [-0.3, -0.25) is 0 Å². The molecule has 0 saturated carbocycles. The highest BCUT2D eigenvalue weighted by Gasteiger charge is 2.43. The molecule has 1 aliphatic heterocycles. The van der Waals surface area contributed by atoms with Gasteiger partial charge in [0, 0.05) is 30.0 Å². The van der Waals surface area contributed by atoms with Crippen molar-refractivity contribution in [1.82, 2.24) is 0 Å². The average Bonchev–Trinajstić information content (AvgIpc) is 2.95. The van der Waals surface area contributed by atoms with Gasteiger partial charge in [0.05, 0.1) is 6.61 Å². The predicted molar refractivity (Wildman–Crippen MR) is 91.6 cm³/mol. The summed E-state index contributed by atoms with van der Waals surface area (Å²) in [7, 11) is 0. The van der Waals surface area contributed by atoms with Gasteiger partial charge in [-0.15, -0.1) is 0 Å². The molecular formula is C19H20O6. The van der Waals surface area contributed by atoms with Gasteiger partial charge in [-0.25, -0.2) is 9.59 Å². The molecule has 3 rings (SSSR count). The predicted octanol–water partition coefficient (Wildman–Crippen LogP) is 2.36. The molecule has 6 heteroatoms. The molecule has 0 amide bonds. The topological polar surface area (TPSA) is 86.0 Å². The molecule has 2 atom stereocenters. The maximum atomic E-state index is 12.0. The van der Waals surface area contributed by atoms with E-state index in [2.05, 4.69) is 0 Å². The molecule has 0 aliphatic carbocycles. The van der Waals surface area contributed by atoms with Crippen molar-refractivity contribution in [2.75, 3.05) is 6.61 Å². The van der Waals surface area contributed by atoms with Crippen molar-refractivity contribution >= 4 is 16.9 Å². The molecule has 0 bridgehead atoms. The second kappa shape index (κ2) is 6.37. The Kier molecular flexibility index (Phi) is 4.39. The first-order valence-electron chi connectivity index (χ1n) is 8.03. The number of carbonyl (C=O) groups excluding carboxylic acids is 1. The first-order valence-corrected chi connectivity index (χ1v) is 8.03. The zero-order chi connectivity index (χ0) is 18.2. The summed E-state index contributed by atoms with van der Waals surface area (Å²) in [6.07, 6.45) is 1.31. The summed E-state index contributed by atoms with van der Waals surface area (Å²) in [5.74, 6) is 0.0389. The van der Waals surface area contributed by atoms with Crippen LogP contribution >= 0.6 is 0 Å².